The van der Waals surface area contributed by atoms with E-state index in [-0.39, 0.29) is 11.8 Å². The molecule has 134 valence electrons. The summed E-state index contributed by atoms with van der Waals surface area (Å²) in [6.45, 7) is 2.13. The first kappa shape index (κ1) is 18.8. The van der Waals surface area contributed by atoms with Gasteiger partial charge in [-0.15, -0.1) is 11.3 Å². The fourth-order valence-electron chi connectivity index (χ4n) is 2.26. The third-order valence-electron chi connectivity index (χ3n) is 3.65. The third-order valence-corrected chi connectivity index (χ3v) is 4.52. The fraction of sp³-hybridized carbons (Fsp3) is 0.333. The summed E-state index contributed by atoms with van der Waals surface area (Å²) in [5.41, 5.74) is 1.02. The summed E-state index contributed by atoms with van der Waals surface area (Å²) in [4.78, 5) is 24.6. The van der Waals surface area contributed by atoms with E-state index in [4.69, 9.17) is 9.47 Å². The van der Waals surface area contributed by atoms with E-state index in [0.717, 1.165) is 5.56 Å². The molecule has 0 saturated carbocycles. The summed E-state index contributed by atoms with van der Waals surface area (Å²) in [6, 6.07) is 8.57. The second-order valence-electron chi connectivity index (χ2n) is 5.40. The predicted molar refractivity (Wildman–Crippen MR) is 97.5 cm³/mol. The molecule has 2 amide bonds. The molecule has 0 spiro atoms. The van der Waals surface area contributed by atoms with E-state index in [1.54, 1.807) is 33.3 Å². The van der Waals surface area contributed by atoms with Crippen LogP contribution < -0.4 is 20.1 Å². The highest BCUT2D eigenvalue weighted by Gasteiger charge is 2.16. The van der Waals surface area contributed by atoms with Crippen molar-refractivity contribution in [1.29, 1.82) is 0 Å². The number of thiophene rings is 1. The minimum absolute atomic E-state index is 0.217. The molecule has 2 aromatic rings. The monoisotopic (exact) mass is 362 g/mol. The molecule has 1 unspecified atom stereocenters. The molecule has 1 heterocycles. The molecule has 0 aliphatic carbocycles. The normalized spacial score (nSPS) is 11.5. The summed E-state index contributed by atoms with van der Waals surface area (Å²) in [7, 11) is 3.17. The fourth-order valence-corrected chi connectivity index (χ4v) is 2.89. The number of benzene rings is 1. The Kier molecular flexibility index (Phi) is 6.82. The van der Waals surface area contributed by atoms with Gasteiger partial charge in [0.1, 0.15) is 6.04 Å². The molecule has 25 heavy (non-hydrogen) atoms. The minimum atomic E-state index is -0.597. The Hall–Kier alpha value is -2.54. The van der Waals surface area contributed by atoms with Gasteiger partial charge < -0.3 is 20.1 Å². The van der Waals surface area contributed by atoms with Crippen LogP contribution in [0.1, 0.15) is 22.2 Å². The van der Waals surface area contributed by atoms with Crippen molar-refractivity contribution in [2.24, 2.45) is 0 Å². The van der Waals surface area contributed by atoms with Crippen molar-refractivity contribution < 1.29 is 19.1 Å². The van der Waals surface area contributed by atoms with Crippen molar-refractivity contribution in [1.82, 2.24) is 10.6 Å². The van der Waals surface area contributed by atoms with E-state index >= 15 is 0 Å². The highest BCUT2D eigenvalue weighted by Crippen LogP contribution is 2.27. The minimum Gasteiger partial charge on any atom is -0.493 e. The summed E-state index contributed by atoms with van der Waals surface area (Å²) in [6.07, 6.45) is 0.650. The molecule has 0 aliphatic rings. The van der Waals surface area contributed by atoms with Crippen LogP contribution in [0.4, 0.5) is 0 Å². The Morgan fingerprint density at radius 3 is 2.56 bits per heavy atom. The van der Waals surface area contributed by atoms with Crippen molar-refractivity contribution in [3.63, 3.8) is 0 Å². The number of methoxy groups -OCH3 is 2. The molecule has 0 radical (unpaired) electrons. The molecule has 1 aromatic heterocycles. The Morgan fingerprint density at radius 2 is 1.92 bits per heavy atom. The zero-order valence-corrected chi connectivity index (χ0v) is 15.3. The third kappa shape index (κ3) is 5.22. The van der Waals surface area contributed by atoms with Gasteiger partial charge >= 0.3 is 0 Å². The molecule has 2 rings (SSSR count). The van der Waals surface area contributed by atoms with Crippen molar-refractivity contribution in [2.75, 3.05) is 20.8 Å². The van der Waals surface area contributed by atoms with Crippen LogP contribution in [0.3, 0.4) is 0 Å². The second-order valence-corrected chi connectivity index (χ2v) is 6.35. The van der Waals surface area contributed by atoms with Crippen molar-refractivity contribution in [3.05, 3.63) is 46.2 Å². The highest BCUT2D eigenvalue weighted by atomic mass is 32.1. The smallest absolute Gasteiger partial charge is 0.261 e. The van der Waals surface area contributed by atoms with Gasteiger partial charge in [0.15, 0.2) is 11.5 Å². The maximum Gasteiger partial charge on any atom is 0.261 e. The van der Waals surface area contributed by atoms with E-state index in [0.29, 0.717) is 29.3 Å². The van der Waals surface area contributed by atoms with Crippen LogP contribution in [0.5, 0.6) is 11.5 Å². The van der Waals surface area contributed by atoms with Gasteiger partial charge in [-0.25, -0.2) is 0 Å². The number of carbonyl (C=O) groups is 2. The van der Waals surface area contributed by atoms with Gasteiger partial charge in [-0.1, -0.05) is 12.1 Å². The largest absolute Gasteiger partial charge is 0.493 e. The number of amides is 2. The lowest BCUT2D eigenvalue weighted by molar-refractivity contribution is -0.122. The van der Waals surface area contributed by atoms with Crippen molar-refractivity contribution in [2.45, 2.75) is 19.4 Å². The van der Waals surface area contributed by atoms with Crippen LogP contribution in [-0.2, 0) is 11.2 Å². The first-order chi connectivity index (χ1) is 12.0. The average molecular weight is 362 g/mol. The molecule has 6 nitrogen and oxygen atoms in total. The molecule has 0 saturated heterocycles. The van der Waals surface area contributed by atoms with Crippen LogP contribution in [0.2, 0.25) is 0 Å². The Bertz CT molecular complexity index is 716. The zero-order valence-electron chi connectivity index (χ0n) is 14.5. The van der Waals surface area contributed by atoms with Crippen LogP contribution in [0, 0.1) is 0 Å². The Labute approximate surface area is 151 Å². The number of ether oxygens (including phenoxy) is 2. The lowest BCUT2D eigenvalue weighted by Gasteiger charge is -2.14. The van der Waals surface area contributed by atoms with Gasteiger partial charge in [-0.2, -0.15) is 0 Å². The summed E-state index contributed by atoms with van der Waals surface area (Å²) in [5.74, 6) is 0.867. The first-order valence-corrected chi connectivity index (χ1v) is 8.76. The zero-order chi connectivity index (χ0) is 18.2. The molecule has 1 atom stereocenters. The molecular formula is C18H22N2O4S. The maximum absolute atomic E-state index is 12.1. The Balaban J connectivity index is 1.80. The second kappa shape index (κ2) is 9.08. The summed E-state index contributed by atoms with van der Waals surface area (Å²) < 4.78 is 10.5. The topological polar surface area (TPSA) is 76.7 Å². The number of hydrogen-bond donors (Lipinski definition) is 2. The number of carbonyl (C=O) groups excluding carboxylic acids is 2. The lowest BCUT2D eigenvalue weighted by atomic mass is 10.1. The molecular weight excluding hydrogens is 340 g/mol. The quantitative estimate of drug-likeness (QED) is 0.755. The SMILES string of the molecule is COc1ccc(CCNC(=O)C(C)NC(=O)c2cccs2)cc1OC. The van der Waals surface area contributed by atoms with Crippen molar-refractivity contribution in [3.8, 4) is 11.5 Å². The van der Waals surface area contributed by atoms with Crippen molar-refractivity contribution >= 4 is 23.2 Å². The van der Waals surface area contributed by atoms with Crippen LogP contribution in [-0.4, -0.2) is 38.6 Å². The van der Waals surface area contributed by atoms with Gasteiger partial charge in [0.05, 0.1) is 19.1 Å². The van der Waals surface area contributed by atoms with Crippen LogP contribution in [0.25, 0.3) is 0 Å². The Morgan fingerprint density at radius 1 is 1.16 bits per heavy atom. The lowest BCUT2D eigenvalue weighted by Crippen LogP contribution is -2.45. The number of rotatable bonds is 8. The van der Waals surface area contributed by atoms with E-state index < -0.39 is 6.04 Å². The standard InChI is InChI=1S/C18H22N2O4S/c1-12(20-18(22)16-5-4-10-25-16)17(21)19-9-8-13-6-7-14(23-2)15(11-13)24-3/h4-7,10-12H,8-9H2,1-3H3,(H,19,21)(H,20,22). The number of hydrogen-bond acceptors (Lipinski definition) is 5. The van der Waals surface area contributed by atoms with Gasteiger partial charge in [0, 0.05) is 6.54 Å². The summed E-state index contributed by atoms with van der Waals surface area (Å²) >= 11 is 1.34. The van der Waals surface area contributed by atoms with Crippen LogP contribution >= 0.6 is 11.3 Å². The van der Waals surface area contributed by atoms with E-state index in [9.17, 15) is 9.59 Å². The molecule has 0 bridgehead atoms. The predicted octanol–water partition coefficient (Wildman–Crippen LogP) is 2.24. The van der Waals surface area contributed by atoms with Gasteiger partial charge in [0.25, 0.3) is 5.91 Å². The molecule has 7 heteroatoms. The van der Waals surface area contributed by atoms with E-state index in [2.05, 4.69) is 10.6 Å². The van der Waals surface area contributed by atoms with Crippen LogP contribution in [0.15, 0.2) is 35.7 Å². The average Bonchev–Trinajstić information content (AvgIpc) is 3.16. The number of nitrogens with one attached hydrogen (secondary N) is 2. The van der Waals surface area contributed by atoms with Gasteiger partial charge in [0.2, 0.25) is 5.91 Å². The van der Waals surface area contributed by atoms with Gasteiger partial charge in [-0.3, -0.25) is 9.59 Å². The first-order valence-electron chi connectivity index (χ1n) is 7.88. The maximum atomic E-state index is 12.1. The summed E-state index contributed by atoms with van der Waals surface area (Å²) in [5, 5.41) is 7.33. The van der Waals surface area contributed by atoms with E-state index in [1.165, 1.54) is 11.3 Å². The molecule has 0 aliphatic heterocycles. The molecule has 1 aromatic carbocycles. The molecule has 0 fully saturated rings. The van der Waals surface area contributed by atoms with Gasteiger partial charge in [-0.05, 0) is 42.5 Å². The highest BCUT2D eigenvalue weighted by molar-refractivity contribution is 7.12. The van der Waals surface area contributed by atoms with E-state index in [1.807, 2.05) is 23.6 Å². The molecule has 2 N–H and O–H groups in total.